The van der Waals surface area contributed by atoms with Crippen molar-refractivity contribution in [2.75, 3.05) is 37.6 Å². The number of carboxylic acids is 1. The number of aromatic carboxylic acids is 1. The van der Waals surface area contributed by atoms with E-state index in [0.29, 0.717) is 29.4 Å². The van der Waals surface area contributed by atoms with Crippen molar-refractivity contribution in [2.45, 2.75) is 58.7 Å². The molecule has 1 aromatic heterocycles. The van der Waals surface area contributed by atoms with Gasteiger partial charge in [0.15, 0.2) is 16.7 Å². The van der Waals surface area contributed by atoms with Gasteiger partial charge in [-0.15, -0.1) is 13.2 Å². The van der Waals surface area contributed by atoms with E-state index in [1.807, 2.05) is 20.8 Å². The van der Waals surface area contributed by atoms with Crippen LogP contribution >= 0.6 is 11.3 Å². The maximum Gasteiger partial charge on any atom is 0.573 e. The highest BCUT2D eigenvalue weighted by Crippen LogP contribution is 2.30. The maximum atomic E-state index is 13.9. The van der Waals surface area contributed by atoms with E-state index in [-0.39, 0.29) is 31.1 Å². The van der Waals surface area contributed by atoms with Crippen molar-refractivity contribution in [1.29, 1.82) is 0 Å². The van der Waals surface area contributed by atoms with E-state index in [2.05, 4.69) is 52.3 Å². The quantitative estimate of drug-likeness (QED) is 0.203. The Morgan fingerprint density at radius 2 is 1.70 bits per heavy atom. The molecule has 256 valence electrons. The first kappa shape index (κ1) is 40.3. The third kappa shape index (κ3) is 12.9. The molecule has 2 aromatic carbocycles. The normalized spacial score (nSPS) is 13.1. The predicted molar refractivity (Wildman–Crippen MR) is 169 cm³/mol. The highest BCUT2D eigenvalue weighted by atomic mass is 32.2. The van der Waals surface area contributed by atoms with Crippen LogP contribution in [-0.4, -0.2) is 74.3 Å². The van der Waals surface area contributed by atoms with Crippen LogP contribution in [-0.2, 0) is 21.2 Å². The van der Waals surface area contributed by atoms with Gasteiger partial charge < -0.3 is 20.1 Å². The fourth-order valence-electron chi connectivity index (χ4n) is 3.85. The molecule has 1 aliphatic rings. The van der Waals surface area contributed by atoms with Crippen LogP contribution in [0.2, 0.25) is 0 Å². The molecular formula is C30H40F4N4O6S2. The minimum atomic E-state index is -5.10. The molecule has 0 spiro atoms. The van der Waals surface area contributed by atoms with Gasteiger partial charge in [-0.25, -0.2) is 22.6 Å². The highest BCUT2D eigenvalue weighted by Gasteiger charge is 2.34. The van der Waals surface area contributed by atoms with E-state index in [1.165, 1.54) is 18.4 Å². The average molecular weight is 693 g/mol. The lowest BCUT2D eigenvalue weighted by atomic mass is 10.1. The molecule has 0 saturated carbocycles. The Morgan fingerprint density at radius 3 is 2.13 bits per heavy atom. The van der Waals surface area contributed by atoms with Gasteiger partial charge in [-0.1, -0.05) is 68.9 Å². The van der Waals surface area contributed by atoms with Crippen LogP contribution < -0.4 is 15.0 Å². The van der Waals surface area contributed by atoms with Crippen LogP contribution in [0.15, 0.2) is 53.4 Å². The molecule has 3 aromatic rings. The van der Waals surface area contributed by atoms with E-state index >= 15 is 0 Å². The number of thiazole rings is 1. The van der Waals surface area contributed by atoms with Gasteiger partial charge in [0.25, 0.3) is 0 Å². The second-order valence-electron chi connectivity index (χ2n) is 9.16. The number of amides is 1. The number of aromatic nitrogens is 1. The zero-order valence-corrected chi connectivity index (χ0v) is 27.9. The van der Waals surface area contributed by atoms with Crippen LogP contribution in [0.25, 0.3) is 0 Å². The zero-order valence-electron chi connectivity index (χ0n) is 26.3. The molecule has 2 heterocycles. The third-order valence-corrected chi connectivity index (χ3v) is 9.03. The first-order valence-corrected chi connectivity index (χ1v) is 16.7. The molecule has 0 atom stereocenters. The maximum absolute atomic E-state index is 13.9. The van der Waals surface area contributed by atoms with Crippen molar-refractivity contribution >= 4 is 38.9 Å². The Balaban J connectivity index is 0.000000544. The third-order valence-electron chi connectivity index (χ3n) is 5.92. The molecule has 46 heavy (non-hydrogen) atoms. The van der Waals surface area contributed by atoms with E-state index in [0.717, 1.165) is 28.3 Å². The summed E-state index contributed by atoms with van der Waals surface area (Å²) in [5.74, 6) is -3.68. The molecule has 1 amide bonds. The number of halogens is 4. The van der Waals surface area contributed by atoms with Gasteiger partial charge in [0, 0.05) is 32.7 Å². The summed E-state index contributed by atoms with van der Waals surface area (Å²) < 4.78 is 80.6. The van der Waals surface area contributed by atoms with Crippen molar-refractivity contribution in [2.24, 2.45) is 0 Å². The number of carbonyl (C=O) groups is 2. The number of rotatable bonds is 9. The fourth-order valence-corrected chi connectivity index (χ4v) is 6.24. The van der Waals surface area contributed by atoms with E-state index in [9.17, 15) is 35.6 Å². The van der Waals surface area contributed by atoms with Gasteiger partial charge in [-0.3, -0.25) is 4.79 Å². The SMILES string of the molecule is CC.CCCc1ccccc1.CCNC=O.Cc1nc(N2CCN(S(=O)(=O)c3ccc(OC(F)(F)F)c(F)c3)CC2)sc1C(=O)O. The molecule has 0 radical (unpaired) electrons. The van der Waals surface area contributed by atoms with Crippen LogP contribution in [0.3, 0.4) is 0 Å². The Hall–Kier alpha value is -3.76. The molecule has 1 saturated heterocycles. The Labute approximate surface area is 271 Å². The standard InChI is InChI=1S/C16H15F4N3O5S2.C9H12.C3H7NO.C2H6/c1-9-13(14(24)25)29-15(21-9)22-4-6-23(7-5-22)30(26,27)10-2-3-12(11(17)8-10)28-16(18,19)20;1-2-6-9-7-4-3-5-8-9;1-2-4-3-5;1-2/h2-3,8H,4-7H2,1H3,(H,24,25);3-5,7-8H,2,6H2,1H3;3H,2H2,1H3,(H,4,5);1-2H3. The van der Waals surface area contributed by atoms with Gasteiger partial charge in [-0.2, -0.15) is 4.31 Å². The molecular weight excluding hydrogens is 652 g/mol. The molecule has 1 aliphatic heterocycles. The Kier molecular flexibility index (Phi) is 17.2. The van der Waals surface area contributed by atoms with Crippen molar-refractivity contribution < 1.29 is 45.4 Å². The molecule has 0 bridgehead atoms. The first-order valence-electron chi connectivity index (χ1n) is 14.5. The van der Waals surface area contributed by atoms with Crippen molar-refractivity contribution in [3.8, 4) is 5.75 Å². The summed E-state index contributed by atoms with van der Waals surface area (Å²) in [6.45, 7) is 10.8. The number of hydrogen-bond acceptors (Lipinski definition) is 8. The summed E-state index contributed by atoms with van der Waals surface area (Å²) in [6.07, 6.45) is -1.98. The molecule has 4 rings (SSSR count). The van der Waals surface area contributed by atoms with E-state index in [4.69, 9.17) is 5.11 Å². The summed E-state index contributed by atoms with van der Waals surface area (Å²) in [4.78, 5) is 26.0. The Bertz CT molecular complexity index is 1460. The lowest BCUT2D eigenvalue weighted by molar-refractivity contribution is -0.275. The number of alkyl halides is 3. The Morgan fingerprint density at radius 1 is 1.09 bits per heavy atom. The number of hydrogen-bond donors (Lipinski definition) is 2. The summed E-state index contributed by atoms with van der Waals surface area (Å²) >= 11 is 0.979. The van der Waals surface area contributed by atoms with E-state index < -0.39 is 38.8 Å². The first-order chi connectivity index (χ1) is 21.7. The second-order valence-corrected chi connectivity index (χ2v) is 12.1. The molecule has 10 nitrogen and oxygen atoms in total. The zero-order chi connectivity index (χ0) is 34.9. The summed E-state index contributed by atoms with van der Waals surface area (Å²) in [5, 5.41) is 12.0. The topological polar surface area (TPSA) is 129 Å². The molecule has 1 fully saturated rings. The van der Waals surface area contributed by atoms with Crippen molar-refractivity contribution in [3.63, 3.8) is 0 Å². The van der Waals surface area contributed by atoms with Gasteiger partial charge in [-0.05, 0) is 44.0 Å². The lowest BCUT2D eigenvalue weighted by Gasteiger charge is -2.33. The van der Waals surface area contributed by atoms with Gasteiger partial charge in [0.05, 0.1) is 10.6 Å². The molecule has 0 unspecified atom stereocenters. The molecule has 0 aliphatic carbocycles. The minimum Gasteiger partial charge on any atom is -0.477 e. The number of nitrogens with zero attached hydrogens (tertiary/aromatic N) is 3. The van der Waals surface area contributed by atoms with Gasteiger partial charge in [0.1, 0.15) is 4.88 Å². The largest absolute Gasteiger partial charge is 0.573 e. The number of aryl methyl sites for hydroxylation is 2. The predicted octanol–water partition coefficient (Wildman–Crippen LogP) is 6.12. The summed E-state index contributed by atoms with van der Waals surface area (Å²) in [7, 11) is -4.15. The average Bonchev–Trinajstić information content (AvgIpc) is 3.42. The van der Waals surface area contributed by atoms with Crippen LogP contribution in [0.5, 0.6) is 5.75 Å². The van der Waals surface area contributed by atoms with Crippen LogP contribution in [0, 0.1) is 12.7 Å². The number of anilines is 1. The number of nitrogens with one attached hydrogen (secondary N) is 1. The van der Waals surface area contributed by atoms with Gasteiger partial charge >= 0.3 is 12.3 Å². The number of sulfonamides is 1. The second kappa shape index (κ2) is 19.7. The number of piperazine rings is 1. The number of ether oxygens (including phenoxy) is 1. The minimum absolute atomic E-state index is 0.00574. The number of carboxylic acid groups (broad SMARTS) is 1. The van der Waals surface area contributed by atoms with Crippen molar-refractivity contribution in [3.05, 3.63) is 70.5 Å². The highest BCUT2D eigenvalue weighted by molar-refractivity contribution is 7.89. The lowest BCUT2D eigenvalue weighted by Crippen LogP contribution is -2.48. The fraction of sp³-hybridized carbons (Fsp3) is 0.433. The van der Waals surface area contributed by atoms with Gasteiger partial charge in [0.2, 0.25) is 16.4 Å². The smallest absolute Gasteiger partial charge is 0.477 e. The molecule has 16 heteroatoms. The molecule has 2 N–H and O–H groups in total. The van der Waals surface area contributed by atoms with Crippen LogP contribution in [0.4, 0.5) is 22.7 Å². The summed E-state index contributed by atoms with van der Waals surface area (Å²) in [6, 6.07) is 12.5. The van der Waals surface area contributed by atoms with E-state index in [1.54, 1.807) is 11.8 Å². The summed E-state index contributed by atoms with van der Waals surface area (Å²) in [5.41, 5.74) is 1.80. The number of carbonyl (C=O) groups excluding carboxylic acids is 1. The van der Waals surface area contributed by atoms with Crippen LogP contribution in [0.1, 0.15) is 55.0 Å². The van der Waals surface area contributed by atoms with Crippen molar-refractivity contribution in [1.82, 2.24) is 14.6 Å². The number of benzene rings is 2. The monoisotopic (exact) mass is 692 g/mol.